The molecule has 1 aliphatic heterocycles. The van der Waals surface area contributed by atoms with Crippen molar-refractivity contribution in [2.75, 3.05) is 4.90 Å². The number of benzene rings is 2. The van der Waals surface area contributed by atoms with E-state index >= 15 is 0 Å². The molecule has 0 bridgehead atoms. The van der Waals surface area contributed by atoms with Gasteiger partial charge in [0.25, 0.3) is 5.91 Å². The quantitative estimate of drug-likeness (QED) is 0.529. The predicted octanol–water partition coefficient (Wildman–Crippen LogP) is 4.99. The van der Waals surface area contributed by atoms with Crippen molar-refractivity contribution in [3.05, 3.63) is 69.3 Å². The molecule has 0 N–H and O–H groups in total. The van der Waals surface area contributed by atoms with Gasteiger partial charge in [0.2, 0.25) is 0 Å². The van der Waals surface area contributed by atoms with E-state index in [-0.39, 0.29) is 11.7 Å². The van der Waals surface area contributed by atoms with Gasteiger partial charge >= 0.3 is 0 Å². The maximum Gasteiger partial charge on any atom is 0.270 e. The summed E-state index contributed by atoms with van der Waals surface area (Å²) in [5.41, 5.74) is 1.48. The fraction of sp³-hybridized carbons (Fsp3) is 0. The van der Waals surface area contributed by atoms with E-state index in [2.05, 4.69) is 15.9 Å². The summed E-state index contributed by atoms with van der Waals surface area (Å²) < 4.78 is 14.4. The minimum atomic E-state index is -0.348. The fourth-order valence-corrected chi connectivity index (χ4v) is 3.74. The second kappa shape index (κ2) is 6.32. The van der Waals surface area contributed by atoms with Crippen LogP contribution in [-0.4, -0.2) is 10.2 Å². The molecule has 2 nitrogen and oxygen atoms in total. The number of anilines is 1. The molecule has 0 atom stereocenters. The first-order chi connectivity index (χ1) is 10.5. The van der Waals surface area contributed by atoms with Crippen LogP contribution < -0.4 is 4.90 Å². The van der Waals surface area contributed by atoms with E-state index in [4.69, 9.17) is 12.2 Å². The molecule has 0 aliphatic carbocycles. The SMILES string of the molecule is O=C1/C(=C/c2cccc(Br)c2)SC(=S)N1c1ccc(F)cc1. The molecule has 0 aromatic heterocycles. The highest BCUT2D eigenvalue weighted by atomic mass is 79.9. The van der Waals surface area contributed by atoms with Crippen LogP contribution in [0.1, 0.15) is 5.56 Å². The lowest BCUT2D eigenvalue weighted by Crippen LogP contribution is -2.27. The summed E-state index contributed by atoms with van der Waals surface area (Å²) in [5, 5.41) is 0. The van der Waals surface area contributed by atoms with Crippen LogP contribution in [0.15, 0.2) is 57.9 Å². The van der Waals surface area contributed by atoms with Gasteiger partial charge in [-0.2, -0.15) is 0 Å². The van der Waals surface area contributed by atoms with E-state index in [9.17, 15) is 9.18 Å². The number of thioether (sulfide) groups is 1. The zero-order valence-electron chi connectivity index (χ0n) is 11.1. The Labute approximate surface area is 145 Å². The molecule has 2 aromatic rings. The lowest BCUT2D eigenvalue weighted by Gasteiger charge is -2.14. The van der Waals surface area contributed by atoms with Crippen LogP contribution in [0.4, 0.5) is 10.1 Å². The Balaban J connectivity index is 1.93. The number of nitrogens with zero attached hydrogens (tertiary/aromatic N) is 1. The van der Waals surface area contributed by atoms with Crippen molar-refractivity contribution in [2.45, 2.75) is 0 Å². The van der Waals surface area contributed by atoms with Crippen LogP contribution >= 0.6 is 39.9 Å². The lowest BCUT2D eigenvalue weighted by molar-refractivity contribution is -0.113. The average molecular weight is 394 g/mol. The molecule has 6 heteroatoms. The second-order valence-corrected chi connectivity index (χ2v) is 7.14. The van der Waals surface area contributed by atoms with E-state index in [1.807, 2.05) is 24.3 Å². The molecule has 1 fully saturated rings. The summed E-state index contributed by atoms with van der Waals surface area (Å²) in [6.07, 6.45) is 1.80. The molecule has 1 heterocycles. The molecule has 1 saturated heterocycles. The van der Waals surface area contributed by atoms with Gasteiger partial charge in [-0.1, -0.05) is 52.0 Å². The summed E-state index contributed by atoms with van der Waals surface area (Å²) in [4.78, 5) is 14.5. The summed E-state index contributed by atoms with van der Waals surface area (Å²) in [6, 6.07) is 13.4. The number of thiocarbonyl (C=S) groups is 1. The number of halogens is 2. The zero-order valence-corrected chi connectivity index (χ0v) is 14.3. The topological polar surface area (TPSA) is 20.3 Å². The van der Waals surface area contributed by atoms with Crippen LogP contribution in [0.3, 0.4) is 0 Å². The molecule has 22 heavy (non-hydrogen) atoms. The molecule has 1 amide bonds. The van der Waals surface area contributed by atoms with E-state index in [1.54, 1.807) is 18.2 Å². The Morgan fingerprint density at radius 3 is 2.59 bits per heavy atom. The summed E-state index contributed by atoms with van der Waals surface area (Å²) >= 11 is 9.92. The number of hydrogen-bond donors (Lipinski definition) is 0. The Kier molecular flexibility index (Phi) is 4.42. The molecule has 2 aromatic carbocycles. The van der Waals surface area contributed by atoms with Crippen molar-refractivity contribution in [1.82, 2.24) is 0 Å². The van der Waals surface area contributed by atoms with Gasteiger partial charge in [0, 0.05) is 4.47 Å². The molecular formula is C16H9BrFNOS2. The first kappa shape index (κ1) is 15.4. The second-order valence-electron chi connectivity index (χ2n) is 4.55. The van der Waals surface area contributed by atoms with Crippen molar-refractivity contribution in [1.29, 1.82) is 0 Å². The molecule has 3 rings (SSSR count). The molecule has 0 radical (unpaired) electrons. The number of amides is 1. The Morgan fingerprint density at radius 1 is 1.18 bits per heavy atom. The minimum Gasteiger partial charge on any atom is -0.268 e. The predicted molar refractivity (Wildman–Crippen MR) is 96.2 cm³/mol. The van der Waals surface area contributed by atoms with Crippen LogP contribution in [-0.2, 0) is 4.79 Å². The minimum absolute atomic E-state index is 0.193. The third-order valence-corrected chi connectivity index (χ3v) is 4.82. The van der Waals surface area contributed by atoms with Crippen LogP contribution in [0.25, 0.3) is 6.08 Å². The van der Waals surface area contributed by atoms with Gasteiger partial charge in [-0.3, -0.25) is 9.69 Å². The van der Waals surface area contributed by atoms with Crippen molar-refractivity contribution < 1.29 is 9.18 Å². The van der Waals surface area contributed by atoms with Crippen molar-refractivity contribution in [2.24, 2.45) is 0 Å². The van der Waals surface area contributed by atoms with Crippen molar-refractivity contribution >= 4 is 61.9 Å². The van der Waals surface area contributed by atoms with Crippen molar-refractivity contribution in [3.63, 3.8) is 0 Å². The maximum atomic E-state index is 13.0. The first-order valence-electron chi connectivity index (χ1n) is 6.34. The Morgan fingerprint density at radius 2 is 1.91 bits per heavy atom. The number of carbonyl (C=O) groups excluding carboxylic acids is 1. The largest absolute Gasteiger partial charge is 0.270 e. The molecule has 110 valence electrons. The van der Waals surface area contributed by atoms with Crippen LogP contribution in [0.5, 0.6) is 0 Å². The fourth-order valence-electron chi connectivity index (χ4n) is 2.03. The highest BCUT2D eigenvalue weighted by Gasteiger charge is 2.33. The Bertz CT molecular complexity index is 789. The van der Waals surface area contributed by atoms with Gasteiger partial charge in [-0.25, -0.2) is 4.39 Å². The molecule has 0 unspecified atom stereocenters. The molecule has 1 aliphatic rings. The third kappa shape index (κ3) is 3.14. The van der Waals surface area contributed by atoms with E-state index < -0.39 is 0 Å². The number of hydrogen-bond acceptors (Lipinski definition) is 3. The lowest BCUT2D eigenvalue weighted by atomic mass is 10.2. The highest BCUT2D eigenvalue weighted by molar-refractivity contribution is 9.10. The molecule has 0 saturated carbocycles. The monoisotopic (exact) mass is 393 g/mol. The number of carbonyl (C=O) groups is 1. The van der Waals surface area contributed by atoms with Gasteiger partial charge in [0.15, 0.2) is 4.32 Å². The smallest absolute Gasteiger partial charge is 0.268 e. The van der Waals surface area contributed by atoms with Crippen LogP contribution in [0, 0.1) is 5.82 Å². The van der Waals surface area contributed by atoms with E-state index in [1.165, 1.54) is 28.8 Å². The normalized spacial score (nSPS) is 16.6. The van der Waals surface area contributed by atoms with Gasteiger partial charge in [-0.15, -0.1) is 0 Å². The zero-order chi connectivity index (χ0) is 15.7. The standard InChI is InChI=1S/C16H9BrFNOS2/c17-11-3-1-2-10(8-11)9-14-15(20)19(16(21)22-14)13-6-4-12(18)5-7-13/h1-9H/b14-9-. The average Bonchev–Trinajstić information content (AvgIpc) is 2.75. The molecular weight excluding hydrogens is 385 g/mol. The maximum absolute atomic E-state index is 13.0. The highest BCUT2D eigenvalue weighted by Crippen LogP contribution is 2.36. The summed E-state index contributed by atoms with van der Waals surface area (Å²) in [5.74, 6) is -0.541. The first-order valence-corrected chi connectivity index (χ1v) is 8.35. The van der Waals surface area contributed by atoms with Gasteiger partial charge in [-0.05, 0) is 48.0 Å². The number of rotatable bonds is 2. The van der Waals surface area contributed by atoms with Gasteiger partial charge in [0.1, 0.15) is 5.82 Å². The van der Waals surface area contributed by atoms with Gasteiger partial charge < -0.3 is 0 Å². The van der Waals surface area contributed by atoms with E-state index in [0.29, 0.717) is 14.9 Å². The van der Waals surface area contributed by atoms with Crippen molar-refractivity contribution in [3.8, 4) is 0 Å². The van der Waals surface area contributed by atoms with E-state index in [0.717, 1.165) is 10.0 Å². The van der Waals surface area contributed by atoms with Crippen LogP contribution in [0.2, 0.25) is 0 Å². The summed E-state index contributed by atoms with van der Waals surface area (Å²) in [6.45, 7) is 0. The summed E-state index contributed by atoms with van der Waals surface area (Å²) in [7, 11) is 0. The molecule has 0 spiro atoms. The Hall–Kier alpha value is -1.50. The van der Waals surface area contributed by atoms with Gasteiger partial charge in [0.05, 0.1) is 10.6 Å². The third-order valence-electron chi connectivity index (χ3n) is 3.02.